The van der Waals surface area contributed by atoms with Crippen LogP contribution in [-0.2, 0) is 0 Å². The first-order valence-corrected chi connectivity index (χ1v) is 10.4. The molecule has 0 spiro atoms. The van der Waals surface area contributed by atoms with E-state index in [9.17, 15) is 22.0 Å². The number of hydrogen-bond acceptors (Lipinski definition) is 1. The molecule has 5 aromatic carbocycles. The average Bonchev–Trinajstić information content (AvgIpc) is 2.86. The van der Waals surface area contributed by atoms with Gasteiger partial charge in [-0.25, -0.2) is 26.3 Å². The molecule has 0 saturated carbocycles. The van der Waals surface area contributed by atoms with E-state index in [1.807, 2.05) is 0 Å². The predicted octanol–water partition coefficient (Wildman–Crippen LogP) is 8.45. The van der Waals surface area contributed by atoms with Crippen LogP contribution in [0.4, 0.5) is 35.1 Å². The molecular weight excluding hydrogens is 492 g/mol. The van der Waals surface area contributed by atoms with Crippen LogP contribution in [0.15, 0.2) is 54.6 Å². The minimum atomic E-state index is -1.80. The molecule has 0 amide bonds. The van der Waals surface area contributed by atoms with E-state index in [-0.39, 0.29) is 32.7 Å². The summed E-state index contributed by atoms with van der Waals surface area (Å²) in [5.41, 5.74) is -1.91. The van der Waals surface area contributed by atoms with Crippen LogP contribution in [0, 0.1) is 46.5 Å². The lowest BCUT2D eigenvalue weighted by molar-refractivity contribution is 0.334. The lowest BCUT2D eigenvalue weighted by Crippen LogP contribution is -2.05. The number of halogens is 8. The minimum absolute atomic E-state index is 0.0162. The van der Waals surface area contributed by atoms with Gasteiger partial charge in [0, 0.05) is 16.5 Å². The maximum Gasteiger partial charge on any atom is 0.204 e. The highest BCUT2D eigenvalue weighted by Crippen LogP contribution is 2.47. The summed E-state index contributed by atoms with van der Waals surface area (Å²) >= 11 is 0. The summed E-state index contributed by atoms with van der Waals surface area (Å²) < 4.78 is 121. The third-order valence-corrected chi connectivity index (χ3v) is 5.95. The largest absolute Gasteiger partial charge is 0.491 e. The first kappa shape index (κ1) is 23.6. The Morgan fingerprint density at radius 1 is 0.500 bits per heavy atom. The molecule has 0 atom stereocenters. The lowest BCUT2D eigenvalue weighted by atomic mass is 9.85. The molecule has 0 heterocycles. The Bertz CT molecular complexity index is 1660. The minimum Gasteiger partial charge on any atom is -0.491 e. The number of methoxy groups -OCH3 is 1. The van der Waals surface area contributed by atoms with Gasteiger partial charge in [-0.1, -0.05) is 36.4 Å². The first-order valence-electron chi connectivity index (χ1n) is 10.4. The van der Waals surface area contributed by atoms with Crippen molar-refractivity contribution in [1.82, 2.24) is 0 Å². The standard InChI is InChI=1S/C27H12F8O/c1-36-27-25(34)23(32)21(24(33)26(27)35)19-13-6-3-2-5-12(13)18(20-14(19)7-4-8-15(20)28)11-9-16(29)22(31)17(30)10-11/h2-10H,1H3. The van der Waals surface area contributed by atoms with E-state index in [0.29, 0.717) is 12.1 Å². The van der Waals surface area contributed by atoms with Crippen LogP contribution >= 0.6 is 0 Å². The van der Waals surface area contributed by atoms with Gasteiger partial charge in [-0.3, -0.25) is 0 Å². The molecule has 0 fully saturated rings. The van der Waals surface area contributed by atoms with Crippen molar-refractivity contribution >= 4 is 21.5 Å². The number of rotatable bonds is 3. The molecule has 0 aromatic heterocycles. The van der Waals surface area contributed by atoms with E-state index in [1.165, 1.54) is 36.4 Å². The van der Waals surface area contributed by atoms with Gasteiger partial charge < -0.3 is 4.74 Å². The molecule has 0 aliphatic heterocycles. The molecule has 0 unspecified atom stereocenters. The Hall–Kier alpha value is -4.14. The van der Waals surface area contributed by atoms with Crippen molar-refractivity contribution in [2.45, 2.75) is 0 Å². The van der Waals surface area contributed by atoms with Crippen LogP contribution < -0.4 is 4.74 Å². The summed E-state index contributed by atoms with van der Waals surface area (Å²) in [6.45, 7) is 0. The van der Waals surface area contributed by atoms with Gasteiger partial charge in [0.25, 0.3) is 0 Å². The normalized spacial score (nSPS) is 11.5. The van der Waals surface area contributed by atoms with Gasteiger partial charge in [-0.05, 0) is 39.9 Å². The summed E-state index contributed by atoms with van der Waals surface area (Å²) in [5, 5.41) is -0.550. The maximum absolute atomic E-state index is 15.3. The summed E-state index contributed by atoms with van der Waals surface area (Å²) in [6.07, 6.45) is 0. The monoisotopic (exact) mass is 504 g/mol. The highest BCUT2D eigenvalue weighted by Gasteiger charge is 2.30. The van der Waals surface area contributed by atoms with Gasteiger partial charge in [0.15, 0.2) is 34.8 Å². The Morgan fingerprint density at radius 3 is 1.58 bits per heavy atom. The number of ether oxygens (including phenoxy) is 1. The van der Waals surface area contributed by atoms with Gasteiger partial charge in [0.05, 0.1) is 12.7 Å². The maximum atomic E-state index is 15.3. The molecule has 0 N–H and O–H groups in total. The smallest absolute Gasteiger partial charge is 0.204 e. The van der Waals surface area contributed by atoms with Crippen molar-refractivity contribution in [2.24, 2.45) is 0 Å². The Labute approximate surface area is 198 Å². The molecule has 0 saturated heterocycles. The van der Waals surface area contributed by atoms with Crippen molar-refractivity contribution in [3.8, 4) is 28.0 Å². The average molecular weight is 504 g/mol. The highest BCUT2D eigenvalue weighted by molar-refractivity contribution is 6.21. The summed E-state index contributed by atoms with van der Waals surface area (Å²) in [4.78, 5) is 0. The second-order valence-corrected chi connectivity index (χ2v) is 7.88. The molecule has 182 valence electrons. The fourth-order valence-electron chi connectivity index (χ4n) is 4.46. The fourth-order valence-corrected chi connectivity index (χ4v) is 4.46. The number of hydrogen-bond donors (Lipinski definition) is 0. The van der Waals surface area contributed by atoms with E-state index in [0.717, 1.165) is 13.2 Å². The van der Waals surface area contributed by atoms with Crippen molar-refractivity contribution in [2.75, 3.05) is 7.11 Å². The van der Waals surface area contributed by atoms with Gasteiger partial charge in [0.2, 0.25) is 11.6 Å². The highest BCUT2D eigenvalue weighted by atomic mass is 19.2. The molecule has 0 bridgehead atoms. The summed E-state index contributed by atoms with van der Waals surface area (Å²) in [6, 6.07) is 10.3. The van der Waals surface area contributed by atoms with Crippen LogP contribution in [0.2, 0.25) is 0 Å². The van der Waals surface area contributed by atoms with E-state index >= 15 is 13.2 Å². The molecule has 36 heavy (non-hydrogen) atoms. The topological polar surface area (TPSA) is 9.23 Å². The third kappa shape index (κ3) is 3.30. The SMILES string of the molecule is COc1c(F)c(F)c(-c2c3ccccc3c(-c3cc(F)c(F)c(F)c3)c3c(F)cccc23)c(F)c1F. The van der Waals surface area contributed by atoms with Crippen molar-refractivity contribution in [3.05, 3.63) is 101 Å². The number of benzene rings is 5. The second-order valence-electron chi connectivity index (χ2n) is 7.88. The quantitative estimate of drug-likeness (QED) is 0.104. The van der Waals surface area contributed by atoms with Crippen molar-refractivity contribution in [1.29, 1.82) is 0 Å². The second kappa shape index (κ2) is 8.51. The molecule has 0 radical (unpaired) electrons. The van der Waals surface area contributed by atoms with E-state index in [2.05, 4.69) is 4.74 Å². The zero-order valence-corrected chi connectivity index (χ0v) is 18.1. The van der Waals surface area contributed by atoms with Crippen LogP contribution in [0.25, 0.3) is 43.8 Å². The van der Waals surface area contributed by atoms with Crippen molar-refractivity contribution in [3.63, 3.8) is 0 Å². The molecule has 5 aromatic rings. The van der Waals surface area contributed by atoms with Crippen LogP contribution in [0.1, 0.15) is 0 Å². The fraction of sp³-hybridized carbons (Fsp3) is 0.0370. The predicted molar refractivity (Wildman–Crippen MR) is 119 cm³/mol. The van der Waals surface area contributed by atoms with Gasteiger partial charge in [-0.15, -0.1) is 0 Å². The van der Waals surface area contributed by atoms with E-state index < -0.39 is 63.4 Å². The van der Waals surface area contributed by atoms with Gasteiger partial charge >= 0.3 is 0 Å². The zero-order chi connectivity index (χ0) is 25.9. The Balaban J connectivity index is 2.05. The zero-order valence-electron chi connectivity index (χ0n) is 18.1. The molecule has 0 aliphatic rings. The molecular formula is C27H12F8O. The Kier molecular flexibility index (Phi) is 5.58. The summed E-state index contributed by atoms with van der Waals surface area (Å²) in [7, 11) is 0.829. The van der Waals surface area contributed by atoms with Crippen LogP contribution in [0.5, 0.6) is 5.75 Å². The lowest BCUT2D eigenvalue weighted by Gasteiger charge is -2.19. The first-order chi connectivity index (χ1) is 17.2. The van der Waals surface area contributed by atoms with E-state index in [1.54, 1.807) is 0 Å². The Morgan fingerprint density at radius 2 is 1.03 bits per heavy atom. The van der Waals surface area contributed by atoms with E-state index in [4.69, 9.17) is 0 Å². The van der Waals surface area contributed by atoms with Gasteiger partial charge in [-0.2, -0.15) is 8.78 Å². The van der Waals surface area contributed by atoms with Crippen molar-refractivity contribution < 1.29 is 39.9 Å². The molecule has 9 heteroatoms. The number of fused-ring (bicyclic) bond motifs is 2. The van der Waals surface area contributed by atoms with Gasteiger partial charge in [0.1, 0.15) is 5.82 Å². The summed E-state index contributed by atoms with van der Waals surface area (Å²) in [5.74, 6) is -14.2. The molecule has 5 rings (SSSR count). The van der Waals surface area contributed by atoms with Crippen LogP contribution in [0.3, 0.4) is 0 Å². The molecule has 1 nitrogen and oxygen atoms in total. The van der Waals surface area contributed by atoms with Crippen LogP contribution in [-0.4, -0.2) is 7.11 Å². The third-order valence-electron chi connectivity index (χ3n) is 5.95. The molecule has 0 aliphatic carbocycles.